The molecule has 0 saturated carbocycles. The highest BCUT2D eigenvalue weighted by molar-refractivity contribution is 7.89. The number of nitrogens with zero attached hydrogens (tertiary/aromatic N) is 1. The van der Waals surface area contributed by atoms with E-state index in [1.165, 1.54) is 6.20 Å². The van der Waals surface area contributed by atoms with Crippen LogP contribution in [0.1, 0.15) is 24.4 Å². The van der Waals surface area contributed by atoms with Crippen LogP contribution in [-0.4, -0.2) is 18.4 Å². The Morgan fingerprint density at radius 2 is 2.16 bits per heavy atom. The highest BCUT2D eigenvalue weighted by Gasteiger charge is 2.20. The van der Waals surface area contributed by atoms with Crippen LogP contribution < -0.4 is 10.5 Å². The molecule has 1 atom stereocenters. The molecule has 2 aromatic rings. The van der Waals surface area contributed by atoms with E-state index in [9.17, 15) is 8.42 Å². The first kappa shape index (κ1) is 13.6. The summed E-state index contributed by atoms with van der Waals surface area (Å²) in [7, 11) is -3.61. The summed E-state index contributed by atoms with van der Waals surface area (Å²) in [6.45, 7) is 3.45. The summed E-state index contributed by atoms with van der Waals surface area (Å²) in [5.74, 6) is 0.553. The van der Waals surface area contributed by atoms with Crippen molar-refractivity contribution in [1.29, 1.82) is 0 Å². The minimum atomic E-state index is -3.61. The Balaban J connectivity index is 2.21. The fourth-order valence-electron chi connectivity index (χ4n) is 1.73. The second-order valence-corrected chi connectivity index (χ2v) is 6.03. The summed E-state index contributed by atoms with van der Waals surface area (Å²) in [6, 6.07) is 6.73. The molecule has 0 bridgehead atoms. The Kier molecular flexibility index (Phi) is 3.59. The molecule has 0 aliphatic rings. The van der Waals surface area contributed by atoms with Gasteiger partial charge < -0.3 is 10.7 Å². The number of aromatic nitrogens is 2. The average molecular weight is 280 g/mol. The zero-order chi connectivity index (χ0) is 14.0. The SMILES string of the molecule is Cc1ncc(S(=O)(=O)NC(C)c2cccc(N)c2)[nH]1. The minimum Gasteiger partial charge on any atom is -0.399 e. The number of hydrogen-bond donors (Lipinski definition) is 3. The normalized spacial score (nSPS) is 13.4. The van der Waals surface area contributed by atoms with Crippen LogP contribution in [0.5, 0.6) is 0 Å². The number of sulfonamides is 1. The Morgan fingerprint density at radius 1 is 1.42 bits per heavy atom. The van der Waals surface area contributed by atoms with Crippen molar-refractivity contribution in [3.63, 3.8) is 0 Å². The van der Waals surface area contributed by atoms with Gasteiger partial charge in [0.25, 0.3) is 10.0 Å². The van der Waals surface area contributed by atoms with E-state index in [1.54, 1.807) is 32.0 Å². The van der Waals surface area contributed by atoms with Gasteiger partial charge in [-0.1, -0.05) is 12.1 Å². The lowest BCUT2D eigenvalue weighted by Crippen LogP contribution is -2.27. The fourth-order valence-corrected chi connectivity index (χ4v) is 2.93. The van der Waals surface area contributed by atoms with Crippen LogP contribution in [0, 0.1) is 6.92 Å². The van der Waals surface area contributed by atoms with E-state index in [1.807, 2.05) is 6.07 Å². The van der Waals surface area contributed by atoms with Gasteiger partial charge in [-0.2, -0.15) is 0 Å². The molecule has 1 unspecified atom stereocenters. The highest BCUT2D eigenvalue weighted by Crippen LogP contribution is 2.18. The molecule has 0 spiro atoms. The number of aromatic amines is 1. The zero-order valence-corrected chi connectivity index (χ0v) is 11.5. The van der Waals surface area contributed by atoms with Gasteiger partial charge in [-0.3, -0.25) is 0 Å². The van der Waals surface area contributed by atoms with Crippen molar-refractivity contribution in [2.75, 3.05) is 5.73 Å². The van der Waals surface area contributed by atoms with Crippen molar-refractivity contribution >= 4 is 15.7 Å². The number of nitrogens with one attached hydrogen (secondary N) is 2. The quantitative estimate of drug-likeness (QED) is 0.736. The zero-order valence-electron chi connectivity index (χ0n) is 10.7. The van der Waals surface area contributed by atoms with Crippen molar-refractivity contribution in [3.05, 3.63) is 41.9 Å². The van der Waals surface area contributed by atoms with Gasteiger partial charge in [0.15, 0.2) is 5.03 Å². The molecule has 0 radical (unpaired) electrons. The van der Waals surface area contributed by atoms with Crippen molar-refractivity contribution in [2.24, 2.45) is 0 Å². The van der Waals surface area contributed by atoms with Crippen LogP contribution in [0.4, 0.5) is 5.69 Å². The number of rotatable bonds is 4. The van der Waals surface area contributed by atoms with Gasteiger partial charge >= 0.3 is 0 Å². The molecule has 1 aromatic heterocycles. The van der Waals surface area contributed by atoms with Gasteiger partial charge in [0.1, 0.15) is 5.82 Å². The van der Waals surface area contributed by atoms with E-state index in [0.717, 1.165) is 5.56 Å². The first-order valence-corrected chi connectivity index (χ1v) is 7.26. The van der Waals surface area contributed by atoms with Crippen LogP contribution in [-0.2, 0) is 10.0 Å². The first-order chi connectivity index (χ1) is 8.88. The Bertz CT molecular complexity index is 679. The third-order valence-corrected chi connectivity index (χ3v) is 4.16. The molecule has 102 valence electrons. The number of benzene rings is 1. The predicted octanol–water partition coefficient (Wildman–Crippen LogP) is 1.34. The van der Waals surface area contributed by atoms with Gasteiger partial charge in [0.05, 0.1) is 6.20 Å². The van der Waals surface area contributed by atoms with Gasteiger partial charge in [-0.15, -0.1) is 0 Å². The summed E-state index contributed by atoms with van der Waals surface area (Å²) in [5.41, 5.74) is 7.08. The lowest BCUT2D eigenvalue weighted by molar-refractivity contribution is 0.563. The van der Waals surface area contributed by atoms with E-state index in [4.69, 9.17) is 5.73 Å². The molecule has 0 saturated heterocycles. The number of imidazole rings is 1. The number of nitrogens with two attached hydrogens (primary N) is 1. The smallest absolute Gasteiger partial charge is 0.258 e. The third-order valence-electron chi connectivity index (χ3n) is 2.71. The van der Waals surface area contributed by atoms with Crippen LogP contribution >= 0.6 is 0 Å². The predicted molar refractivity (Wildman–Crippen MR) is 72.9 cm³/mol. The molecule has 6 nitrogen and oxygen atoms in total. The van der Waals surface area contributed by atoms with Crippen LogP contribution in [0.15, 0.2) is 35.5 Å². The topological polar surface area (TPSA) is 101 Å². The maximum Gasteiger partial charge on any atom is 0.258 e. The molecule has 2 rings (SSSR count). The molecule has 1 heterocycles. The average Bonchev–Trinajstić information content (AvgIpc) is 2.76. The molecule has 1 aromatic carbocycles. The second kappa shape index (κ2) is 5.02. The molecule has 0 amide bonds. The highest BCUT2D eigenvalue weighted by atomic mass is 32.2. The number of hydrogen-bond acceptors (Lipinski definition) is 4. The van der Waals surface area contributed by atoms with Crippen LogP contribution in [0.3, 0.4) is 0 Å². The van der Waals surface area contributed by atoms with E-state index < -0.39 is 10.0 Å². The van der Waals surface area contributed by atoms with Crippen LogP contribution in [0.2, 0.25) is 0 Å². The lowest BCUT2D eigenvalue weighted by atomic mass is 10.1. The number of anilines is 1. The third kappa shape index (κ3) is 3.12. The molecular formula is C12H16N4O2S. The van der Waals surface area contributed by atoms with Gasteiger partial charge in [-0.25, -0.2) is 18.1 Å². The fraction of sp³-hybridized carbons (Fsp3) is 0.250. The van der Waals surface area contributed by atoms with E-state index in [0.29, 0.717) is 11.5 Å². The van der Waals surface area contributed by atoms with Crippen molar-refractivity contribution in [3.8, 4) is 0 Å². The molecule has 0 aliphatic heterocycles. The molecule has 0 aliphatic carbocycles. The summed E-state index contributed by atoms with van der Waals surface area (Å²) in [4.78, 5) is 6.58. The molecule has 19 heavy (non-hydrogen) atoms. The Hall–Kier alpha value is -1.86. The number of H-pyrrole nitrogens is 1. The molecule has 4 N–H and O–H groups in total. The molecule has 7 heteroatoms. The van der Waals surface area contributed by atoms with Gasteiger partial charge in [-0.05, 0) is 31.5 Å². The first-order valence-electron chi connectivity index (χ1n) is 5.78. The molecular weight excluding hydrogens is 264 g/mol. The Morgan fingerprint density at radius 3 is 2.74 bits per heavy atom. The summed E-state index contributed by atoms with van der Waals surface area (Å²) in [6.07, 6.45) is 1.30. The number of nitrogen functional groups attached to an aromatic ring is 1. The Labute approximate surface area is 112 Å². The minimum absolute atomic E-state index is 0.0563. The van der Waals surface area contributed by atoms with Crippen molar-refractivity contribution in [1.82, 2.24) is 14.7 Å². The number of aryl methyl sites for hydroxylation is 1. The van der Waals surface area contributed by atoms with Gasteiger partial charge in [0.2, 0.25) is 0 Å². The standard InChI is InChI=1S/C12H16N4O2S/c1-8(10-4-3-5-11(13)6-10)16-19(17,18)12-7-14-9(2)15-12/h3-8,16H,13H2,1-2H3,(H,14,15). The molecule has 0 fully saturated rings. The van der Waals surface area contributed by atoms with Gasteiger partial charge in [0, 0.05) is 11.7 Å². The van der Waals surface area contributed by atoms with Crippen molar-refractivity contribution < 1.29 is 8.42 Å². The monoisotopic (exact) mass is 280 g/mol. The largest absolute Gasteiger partial charge is 0.399 e. The van der Waals surface area contributed by atoms with E-state index in [-0.39, 0.29) is 11.1 Å². The van der Waals surface area contributed by atoms with E-state index >= 15 is 0 Å². The summed E-state index contributed by atoms with van der Waals surface area (Å²) >= 11 is 0. The lowest BCUT2D eigenvalue weighted by Gasteiger charge is -2.14. The van der Waals surface area contributed by atoms with Crippen molar-refractivity contribution in [2.45, 2.75) is 24.9 Å². The summed E-state index contributed by atoms with van der Waals surface area (Å²) in [5, 5.41) is 0.0563. The maximum atomic E-state index is 12.1. The second-order valence-electron chi connectivity index (χ2n) is 4.35. The summed E-state index contributed by atoms with van der Waals surface area (Å²) < 4.78 is 26.8. The van der Waals surface area contributed by atoms with Crippen LogP contribution in [0.25, 0.3) is 0 Å². The maximum absolute atomic E-state index is 12.1. The van der Waals surface area contributed by atoms with E-state index in [2.05, 4.69) is 14.7 Å².